The number of hydrogen-bond acceptors (Lipinski definition) is 4. The lowest BCUT2D eigenvalue weighted by atomic mass is 10.0. The fraction of sp³-hybridized carbons (Fsp3) is 0.571. The standard InChI is InChI=1S/C14H21N5O2/c1-2-5-17-14(21)18-11-3-8-19(9-4-11)13(20)12-10-15-6-7-16-12/h6-7,10-11H,2-5,8-9H2,1H3,(H2,17,18,21). The van der Waals surface area contributed by atoms with Gasteiger partial charge in [0, 0.05) is 38.1 Å². The number of hydrogen-bond donors (Lipinski definition) is 2. The number of nitrogens with one attached hydrogen (secondary N) is 2. The first kappa shape index (κ1) is 15.2. The molecule has 1 saturated heterocycles. The van der Waals surface area contributed by atoms with Crippen molar-refractivity contribution in [1.29, 1.82) is 0 Å². The average molecular weight is 291 g/mol. The first-order chi connectivity index (χ1) is 10.2. The molecule has 1 aliphatic heterocycles. The molecule has 0 spiro atoms. The second-order valence-electron chi connectivity index (χ2n) is 5.06. The van der Waals surface area contributed by atoms with Crippen LogP contribution < -0.4 is 10.6 Å². The van der Waals surface area contributed by atoms with Crippen LogP contribution in [-0.4, -0.2) is 52.5 Å². The maximum absolute atomic E-state index is 12.2. The van der Waals surface area contributed by atoms with E-state index in [1.165, 1.54) is 12.4 Å². The SMILES string of the molecule is CCCNC(=O)NC1CCN(C(=O)c2cnccn2)CC1. The van der Waals surface area contributed by atoms with Gasteiger partial charge in [-0.25, -0.2) is 9.78 Å². The first-order valence-electron chi connectivity index (χ1n) is 7.30. The van der Waals surface area contributed by atoms with Crippen LogP contribution in [0.5, 0.6) is 0 Å². The molecule has 21 heavy (non-hydrogen) atoms. The van der Waals surface area contributed by atoms with E-state index in [1.807, 2.05) is 6.92 Å². The molecule has 0 unspecified atom stereocenters. The van der Waals surface area contributed by atoms with Gasteiger partial charge in [-0.05, 0) is 19.3 Å². The third-order valence-electron chi connectivity index (χ3n) is 3.44. The lowest BCUT2D eigenvalue weighted by Gasteiger charge is -2.32. The minimum atomic E-state index is -0.129. The van der Waals surface area contributed by atoms with Crippen molar-refractivity contribution in [3.8, 4) is 0 Å². The predicted molar refractivity (Wildman–Crippen MR) is 77.8 cm³/mol. The lowest BCUT2D eigenvalue weighted by Crippen LogP contribution is -2.49. The van der Waals surface area contributed by atoms with Crippen molar-refractivity contribution < 1.29 is 9.59 Å². The number of rotatable bonds is 4. The Bertz CT molecular complexity index is 472. The van der Waals surface area contributed by atoms with Crippen LogP contribution in [0.1, 0.15) is 36.7 Å². The van der Waals surface area contributed by atoms with Gasteiger partial charge in [0.05, 0.1) is 6.20 Å². The fourth-order valence-electron chi connectivity index (χ4n) is 2.27. The molecule has 1 aromatic heterocycles. The average Bonchev–Trinajstić information content (AvgIpc) is 2.54. The van der Waals surface area contributed by atoms with Gasteiger partial charge < -0.3 is 15.5 Å². The molecule has 2 N–H and O–H groups in total. The molecule has 0 radical (unpaired) electrons. The van der Waals surface area contributed by atoms with E-state index in [1.54, 1.807) is 11.1 Å². The number of urea groups is 1. The molecule has 1 aliphatic rings. The summed E-state index contributed by atoms with van der Waals surface area (Å²) in [7, 11) is 0. The Morgan fingerprint density at radius 3 is 2.71 bits per heavy atom. The highest BCUT2D eigenvalue weighted by molar-refractivity contribution is 5.92. The topological polar surface area (TPSA) is 87.2 Å². The van der Waals surface area contributed by atoms with Crippen LogP contribution >= 0.6 is 0 Å². The lowest BCUT2D eigenvalue weighted by molar-refractivity contribution is 0.0702. The minimum Gasteiger partial charge on any atom is -0.338 e. The summed E-state index contributed by atoms with van der Waals surface area (Å²) in [6.45, 7) is 3.93. The van der Waals surface area contributed by atoms with Gasteiger partial charge >= 0.3 is 6.03 Å². The fourth-order valence-corrected chi connectivity index (χ4v) is 2.27. The van der Waals surface area contributed by atoms with Crippen LogP contribution in [-0.2, 0) is 0 Å². The van der Waals surface area contributed by atoms with E-state index in [0.717, 1.165) is 19.3 Å². The molecule has 114 valence electrons. The Morgan fingerprint density at radius 1 is 1.33 bits per heavy atom. The Morgan fingerprint density at radius 2 is 2.10 bits per heavy atom. The predicted octanol–water partition coefficient (Wildman–Crippen LogP) is 0.790. The monoisotopic (exact) mass is 291 g/mol. The van der Waals surface area contributed by atoms with E-state index in [0.29, 0.717) is 25.3 Å². The van der Waals surface area contributed by atoms with Crippen LogP contribution in [0.4, 0.5) is 4.79 Å². The smallest absolute Gasteiger partial charge is 0.315 e. The van der Waals surface area contributed by atoms with Crippen LogP contribution in [0.25, 0.3) is 0 Å². The molecule has 0 aliphatic carbocycles. The summed E-state index contributed by atoms with van der Waals surface area (Å²) in [5, 5.41) is 5.73. The maximum Gasteiger partial charge on any atom is 0.315 e. The number of piperidine rings is 1. The van der Waals surface area contributed by atoms with E-state index >= 15 is 0 Å². The highest BCUT2D eigenvalue weighted by Crippen LogP contribution is 2.12. The van der Waals surface area contributed by atoms with E-state index in [9.17, 15) is 9.59 Å². The van der Waals surface area contributed by atoms with Crippen LogP contribution in [0.2, 0.25) is 0 Å². The van der Waals surface area contributed by atoms with Crippen LogP contribution in [0.3, 0.4) is 0 Å². The normalized spacial score (nSPS) is 15.6. The van der Waals surface area contributed by atoms with Crippen molar-refractivity contribution in [2.75, 3.05) is 19.6 Å². The van der Waals surface area contributed by atoms with Crippen molar-refractivity contribution in [3.05, 3.63) is 24.3 Å². The number of aromatic nitrogens is 2. The summed E-state index contributed by atoms with van der Waals surface area (Å²) in [4.78, 5) is 33.5. The second kappa shape index (κ2) is 7.56. The molecule has 0 atom stereocenters. The Balaban J connectivity index is 1.78. The van der Waals surface area contributed by atoms with E-state index in [4.69, 9.17) is 0 Å². The highest BCUT2D eigenvalue weighted by Gasteiger charge is 2.25. The van der Waals surface area contributed by atoms with Crippen molar-refractivity contribution in [2.24, 2.45) is 0 Å². The van der Waals surface area contributed by atoms with Crippen LogP contribution in [0, 0.1) is 0 Å². The van der Waals surface area contributed by atoms with Crippen molar-refractivity contribution >= 4 is 11.9 Å². The van der Waals surface area contributed by atoms with E-state index < -0.39 is 0 Å². The minimum absolute atomic E-state index is 0.100. The first-order valence-corrected chi connectivity index (χ1v) is 7.30. The van der Waals surface area contributed by atoms with Gasteiger partial charge in [-0.15, -0.1) is 0 Å². The number of carbonyl (C=O) groups is 2. The molecule has 7 nitrogen and oxygen atoms in total. The summed E-state index contributed by atoms with van der Waals surface area (Å²) in [5.41, 5.74) is 0.365. The van der Waals surface area contributed by atoms with Gasteiger partial charge in [-0.3, -0.25) is 9.78 Å². The summed E-state index contributed by atoms with van der Waals surface area (Å²) in [5.74, 6) is -0.100. The zero-order chi connectivity index (χ0) is 15.1. The van der Waals surface area contributed by atoms with Gasteiger partial charge in [0.15, 0.2) is 0 Å². The number of likely N-dealkylation sites (tertiary alicyclic amines) is 1. The molecule has 2 heterocycles. The third-order valence-corrected chi connectivity index (χ3v) is 3.44. The molecule has 1 aromatic rings. The summed E-state index contributed by atoms with van der Waals surface area (Å²) in [6, 6.07) is -0.0108. The summed E-state index contributed by atoms with van der Waals surface area (Å²) >= 11 is 0. The molecule has 0 aromatic carbocycles. The van der Waals surface area contributed by atoms with Gasteiger partial charge in [0.2, 0.25) is 0 Å². The Hall–Kier alpha value is -2.18. The second-order valence-corrected chi connectivity index (χ2v) is 5.06. The Kier molecular flexibility index (Phi) is 5.48. The van der Waals surface area contributed by atoms with Crippen molar-refractivity contribution in [2.45, 2.75) is 32.2 Å². The molecular weight excluding hydrogens is 270 g/mol. The Labute approximate surface area is 124 Å². The van der Waals surface area contributed by atoms with Gasteiger partial charge in [-0.2, -0.15) is 0 Å². The van der Waals surface area contributed by atoms with E-state index in [2.05, 4.69) is 20.6 Å². The van der Waals surface area contributed by atoms with Gasteiger partial charge in [-0.1, -0.05) is 6.92 Å². The highest BCUT2D eigenvalue weighted by atomic mass is 16.2. The quantitative estimate of drug-likeness (QED) is 0.858. The maximum atomic E-state index is 12.2. The van der Waals surface area contributed by atoms with Gasteiger partial charge in [0.25, 0.3) is 5.91 Å². The molecule has 2 rings (SSSR count). The molecule has 7 heteroatoms. The van der Waals surface area contributed by atoms with E-state index in [-0.39, 0.29) is 18.0 Å². The zero-order valence-corrected chi connectivity index (χ0v) is 12.2. The zero-order valence-electron chi connectivity index (χ0n) is 12.2. The summed E-state index contributed by atoms with van der Waals surface area (Å²) in [6.07, 6.45) is 6.96. The van der Waals surface area contributed by atoms with Crippen molar-refractivity contribution in [1.82, 2.24) is 25.5 Å². The number of amides is 3. The van der Waals surface area contributed by atoms with Crippen molar-refractivity contribution in [3.63, 3.8) is 0 Å². The summed E-state index contributed by atoms with van der Waals surface area (Å²) < 4.78 is 0. The molecule has 1 fully saturated rings. The van der Waals surface area contributed by atoms with Crippen LogP contribution in [0.15, 0.2) is 18.6 Å². The number of carbonyl (C=O) groups excluding carboxylic acids is 2. The largest absolute Gasteiger partial charge is 0.338 e. The molecular formula is C14H21N5O2. The third kappa shape index (κ3) is 4.40. The number of nitrogens with zero attached hydrogens (tertiary/aromatic N) is 3. The van der Waals surface area contributed by atoms with Gasteiger partial charge in [0.1, 0.15) is 5.69 Å². The molecule has 0 saturated carbocycles. The molecule has 0 bridgehead atoms. The molecule has 3 amide bonds.